The van der Waals surface area contributed by atoms with E-state index in [0.29, 0.717) is 12.8 Å². The number of aliphatic carboxylic acids is 1. The normalized spacial score (nSPS) is 11.1. The first-order valence-electron chi connectivity index (χ1n) is 10.5. The summed E-state index contributed by atoms with van der Waals surface area (Å²) in [5.41, 5.74) is 4.53. The van der Waals surface area contributed by atoms with Crippen molar-refractivity contribution in [1.82, 2.24) is 4.98 Å². The van der Waals surface area contributed by atoms with Gasteiger partial charge in [-0.15, -0.1) is 0 Å². The van der Waals surface area contributed by atoms with Crippen LogP contribution in [-0.2, 0) is 4.79 Å². The number of rotatable bonds is 8. The molecule has 1 heterocycles. The van der Waals surface area contributed by atoms with Gasteiger partial charge < -0.3 is 5.11 Å². The average Bonchev–Trinajstić information content (AvgIpc) is 2.84. The molecule has 164 valence electrons. The van der Waals surface area contributed by atoms with Crippen LogP contribution in [0.25, 0.3) is 5.57 Å². The third-order valence-electron chi connectivity index (χ3n) is 5.20. The molecular formula is C26H27N3O3. The van der Waals surface area contributed by atoms with Crippen LogP contribution in [0.15, 0.2) is 85.2 Å². The number of aromatic nitrogens is 1. The Hall–Kier alpha value is -3.93. The highest BCUT2D eigenvalue weighted by Crippen LogP contribution is 2.27. The van der Waals surface area contributed by atoms with E-state index in [1.807, 2.05) is 72.8 Å². The molecule has 0 saturated carbocycles. The van der Waals surface area contributed by atoms with Crippen molar-refractivity contribution < 1.29 is 14.7 Å². The Balaban J connectivity index is 1.79. The zero-order valence-electron chi connectivity index (χ0n) is 18.3. The first-order chi connectivity index (χ1) is 15.5. The summed E-state index contributed by atoms with van der Waals surface area (Å²) in [5, 5.41) is 8.89. The molecule has 1 N–H and O–H groups in total. The number of urea groups is 1. The fraction of sp³-hybridized carbons (Fsp3) is 0.192. The third kappa shape index (κ3) is 5.82. The number of hydrogen-bond donors (Lipinski definition) is 1. The number of nitrogens with zero attached hydrogens (tertiary/aromatic N) is 3. The van der Waals surface area contributed by atoms with Crippen molar-refractivity contribution in [3.05, 3.63) is 96.3 Å². The molecule has 0 saturated heterocycles. The maximum Gasteiger partial charge on any atom is 0.328 e. The summed E-state index contributed by atoms with van der Waals surface area (Å²) in [6.07, 6.45) is 6.92. The molecule has 6 nitrogen and oxygen atoms in total. The standard InChI is InChI=1S/C26H27N3O3/c1-28(22-10-4-3-5-11-22)26(32)29(2)23-16-14-20(15-17-23)24(12-6-7-13-25(30)31)21-9-8-18-27-19-21/h3-5,8-12,14-19H,6-7,13H2,1-2H3,(H,30,31)/b24-12-. The van der Waals surface area contributed by atoms with E-state index >= 15 is 0 Å². The number of amides is 2. The number of allylic oxidation sites excluding steroid dienone is 1. The van der Waals surface area contributed by atoms with Gasteiger partial charge in [0, 0.05) is 49.8 Å². The van der Waals surface area contributed by atoms with Crippen LogP contribution < -0.4 is 9.80 Å². The molecule has 2 aromatic carbocycles. The lowest BCUT2D eigenvalue weighted by Gasteiger charge is -2.25. The van der Waals surface area contributed by atoms with E-state index in [-0.39, 0.29) is 12.5 Å². The van der Waals surface area contributed by atoms with Crippen LogP contribution in [0.5, 0.6) is 0 Å². The summed E-state index contributed by atoms with van der Waals surface area (Å²) in [6, 6.07) is 21.0. The molecule has 0 radical (unpaired) electrons. The molecule has 6 heteroatoms. The lowest BCUT2D eigenvalue weighted by Crippen LogP contribution is -2.38. The summed E-state index contributed by atoms with van der Waals surface area (Å²) in [5.74, 6) is -0.793. The number of carbonyl (C=O) groups is 2. The van der Waals surface area contributed by atoms with Gasteiger partial charge in [-0.05, 0) is 54.3 Å². The van der Waals surface area contributed by atoms with Crippen LogP contribution in [0.3, 0.4) is 0 Å². The Morgan fingerprint density at radius 3 is 2.12 bits per heavy atom. The molecule has 0 aliphatic rings. The van der Waals surface area contributed by atoms with Crippen LogP contribution >= 0.6 is 0 Å². The number of hydrogen-bond acceptors (Lipinski definition) is 3. The topological polar surface area (TPSA) is 73.7 Å². The van der Waals surface area contributed by atoms with E-state index in [2.05, 4.69) is 4.98 Å². The number of benzene rings is 2. The maximum absolute atomic E-state index is 12.9. The summed E-state index contributed by atoms with van der Waals surface area (Å²) < 4.78 is 0. The molecule has 3 rings (SSSR count). The number of unbranched alkanes of at least 4 members (excludes halogenated alkanes) is 1. The van der Waals surface area contributed by atoms with Crippen molar-refractivity contribution in [3.63, 3.8) is 0 Å². The summed E-state index contributed by atoms with van der Waals surface area (Å²) in [4.78, 5) is 31.1. The van der Waals surface area contributed by atoms with E-state index < -0.39 is 5.97 Å². The quantitative estimate of drug-likeness (QED) is 0.483. The second kappa shape index (κ2) is 10.9. The van der Waals surface area contributed by atoms with Crippen molar-refractivity contribution >= 4 is 28.9 Å². The summed E-state index contributed by atoms with van der Waals surface area (Å²) in [6.45, 7) is 0. The second-order valence-electron chi connectivity index (χ2n) is 7.43. The first kappa shape index (κ1) is 22.7. The van der Waals surface area contributed by atoms with E-state index in [0.717, 1.165) is 28.1 Å². The first-order valence-corrected chi connectivity index (χ1v) is 10.5. The number of pyridine rings is 1. The molecule has 0 fully saturated rings. The van der Waals surface area contributed by atoms with E-state index in [1.54, 1.807) is 36.3 Å². The van der Waals surface area contributed by atoms with Gasteiger partial charge in [0.1, 0.15) is 0 Å². The summed E-state index contributed by atoms with van der Waals surface area (Å²) >= 11 is 0. The largest absolute Gasteiger partial charge is 0.481 e. The lowest BCUT2D eigenvalue weighted by molar-refractivity contribution is -0.137. The molecule has 2 amide bonds. The lowest BCUT2D eigenvalue weighted by atomic mass is 9.97. The molecule has 0 atom stereocenters. The Morgan fingerprint density at radius 2 is 1.53 bits per heavy atom. The van der Waals surface area contributed by atoms with E-state index in [1.165, 1.54) is 0 Å². The Bertz CT molecular complexity index is 1060. The summed E-state index contributed by atoms with van der Waals surface area (Å²) in [7, 11) is 3.50. The van der Waals surface area contributed by atoms with Crippen molar-refractivity contribution in [1.29, 1.82) is 0 Å². The van der Waals surface area contributed by atoms with Crippen molar-refractivity contribution in [3.8, 4) is 0 Å². The highest BCUT2D eigenvalue weighted by Gasteiger charge is 2.17. The van der Waals surface area contributed by atoms with Crippen LogP contribution in [0, 0.1) is 0 Å². The van der Waals surface area contributed by atoms with Gasteiger partial charge in [0.15, 0.2) is 0 Å². The fourth-order valence-corrected chi connectivity index (χ4v) is 3.39. The highest BCUT2D eigenvalue weighted by atomic mass is 16.4. The molecule has 0 aliphatic carbocycles. The molecule has 0 bridgehead atoms. The number of carbonyl (C=O) groups excluding carboxylic acids is 1. The third-order valence-corrected chi connectivity index (χ3v) is 5.20. The number of para-hydroxylation sites is 1. The van der Waals surface area contributed by atoms with Gasteiger partial charge in [-0.3, -0.25) is 19.6 Å². The van der Waals surface area contributed by atoms with Gasteiger partial charge in [-0.1, -0.05) is 42.5 Å². The highest BCUT2D eigenvalue weighted by molar-refractivity contribution is 6.02. The Labute approximate surface area is 188 Å². The van der Waals surface area contributed by atoms with Gasteiger partial charge in [0.05, 0.1) is 0 Å². The van der Waals surface area contributed by atoms with Crippen LogP contribution in [0.4, 0.5) is 16.2 Å². The number of anilines is 2. The molecule has 1 aromatic heterocycles. The minimum Gasteiger partial charge on any atom is -0.481 e. The minimum atomic E-state index is -0.793. The van der Waals surface area contributed by atoms with Crippen molar-refractivity contribution in [2.45, 2.75) is 19.3 Å². The molecule has 0 spiro atoms. The van der Waals surface area contributed by atoms with Gasteiger partial charge in [0.25, 0.3) is 0 Å². The second-order valence-corrected chi connectivity index (χ2v) is 7.43. The van der Waals surface area contributed by atoms with Gasteiger partial charge in [-0.25, -0.2) is 4.79 Å². The molecule has 0 unspecified atom stereocenters. The zero-order valence-corrected chi connectivity index (χ0v) is 18.3. The van der Waals surface area contributed by atoms with Crippen molar-refractivity contribution in [2.24, 2.45) is 0 Å². The monoisotopic (exact) mass is 429 g/mol. The van der Waals surface area contributed by atoms with Crippen molar-refractivity contribution in [2.75, 3.05) is 23.9 Å². The Morgan fingerprint density at radius 1 is 0.875 bits per heavy atom. The van der Waals surface area contributed by atoms with Gasteiger partial charge in [-0.2, -0.15) is 0 Å². The SMILES string of the molecule is CN(C(=O)N(C)c1ccc(/C(=C/CCCC(=O)O)c2cccnc2)cc1)c1ccccc1. The Kier molecular flexibility index (Phi) is 7.75. The predicted octanol–water partition coefficient (Wildman–Crippen LogP) is 5.46. The number of carboxylic acid groups (broad SMARTS) is 1. The maximum atomic E-state index is 12.9. The molecule has 3 aromatic rings. The molecule has 32 heavy (non-hydrogen) atoms. The van der Waals surface area contributed by atoms with Gasteiger partial charge in [0.2, 0.25) is 0 Å². The smallest absolute Gasteiger partial charge is 0.328 e. The number of carboxylic acids is 1. The van der Waals surface area contributed by atoms with E-state index in [9.17, 15) is 9.59 Å². The average molecular weight is 430 g/mol. The van der Waals surface area contributed by atoms with E-state index in [4.69, 9.17) is 5.11 Å². The van der Waals surface area contributed by atoms with Crippen LogP contribution in [-0.4, -0.2) is 36.2 Å². The predicted molar refractivity (Wildman–Crippen MR) is 128 cm³/mol. The van der Waals surface area contributed by atoms with Crippen LogP contribution in [0.2, 0.25) is 0 Å². The van der Waals surface area contributed by atoms with Gasteiger partial charge >= 0.3 is 12.0 Å². The molecule has 0 aliphatic heterocycles. The molecular weight excluding hydrogens is 402 g/mol. The minimum absolute atomic E-state index is 0.137. The fourth-order valence-electron chi connectivity index (χ4n) is 3.39. The van der Waals surface area contributed by atoms with Crippen LogP contribution in [0.1, 0.15) is 30.4 Å². The zero-order chi connectivity index (χ0) is 22.9.